The molecule has 100 valence electrons. The predicted molar refractivity (Wildman–Crippen MR) is 85.5 cm³/mol. The third-order valence-corrected chi connectivity index (χ3v) is 3.73. The van der Waals surface area contributed by atoms with Crippen LogP contribution in [0.3, 0.4) is 0 Å². The van der Waals surface area contributed by atoms with E-state index in [2.05, 4.69) is 38.5 Å². The van der Waals surface area contributed by atoms with E-state index in [0.717, 1.165) is 34.8 Å². The molecule has 2 N–H and O–H groups in total. The van der Waals surface area contributed by atoms with Crippen LogP contribution in [0.4, 0.5) is 17.3 Å². The van der Waals surface area contributed by atoms with Crippen LogP contribution in [0.25, 0.3) is 0 Å². The van der Waals surface area contributed by atoms with E-state index < -0.39 is 0 Å². The van der Waals surface area contributed by atoms with Crippen LogP contribution in [0.5, 0.6) is 0 Å². The Morgan fingerprint density at radius 1 is 1.21 bits per heavy atom. The number of benzene rings is 1. The van der Waals surface area contributed by atoms with E-state index in [9.17, 15) is 0 Å². The minimum absolute atomic E-state index is 0.672. The number of anilines is 3. The number of halogens is 2. The lowest BCUT2D eigenvalue weighted by atomic mass is 10.3. The molecule has 0 aliphatic rings. The molecule has 0 aliphatic carbocycles. The van der Waals surface area contributed by atoms with Gasteiger partial charge in [-0.15, -0.1) is 0 Å². The van der Waals surface area contributed by atoms with E-state index >= 15 is 0 Å². The first kappa shape index (κ1) is 14.2. The van der Waals surface area contributed by atoms with Gasteiger partial charge in [-0.05, 0) is 52.7 Å². The second-order valence-corrected chi connectivity index (χ2v) is 5.35. The van der Waals surface area contributed by atoms with Crippen molar-refractivity contribution in [3.8, 4) is 0 Å². The molecule has 3 nitrogen and oxygen atoms in total. The maximum absolute atomic E-state index is 6.06. The number of aromatic nitrogens is 1. The molecule has 5 heteroatoms. The third-order valence-electron chi connectivity index (χ3n) is 2.50. The van der Waals surface area contributed by atoms with E-state index in [1.807, 2.05) is 36.4 Å². The molecule has 2 rings (SSSR count). The summed E-state index contributed by atoms with van der Waals surface area (Å²) in [5.74, 6) is 1.66. The number of hydrogen-bond acceptors (Lipinski definition) is 3. The highest BCUT2D eigenvalue weighted by Crippen LogP contribution is 2.27. The van der Waals surface area contributed by atoms with Gasteiger partial charge in [0.05, 0.1) is 5.02 Å². The highest BCUT2D eigenvalue weighted by atomic mass is 79.9. The second kappa shape index (κ2) is 6.78. The second-order valence-electron chi connectivity index (χ2n) is 4.09. The monoisotopic (exact) mass is 339 g/mol. The van der Waals surface area contributed by atoms with Gasteiger partial charge in [-0.25, -0.2) is 4.98 Å². The lowest BCUT2D eigenvalue weighted by Crippen LogP contribution is -2.03. The van der Waals surface area contributed by atoms with E-state index in [0.29, 0.717) is 5.02 Å². The minimum atomic E-state index is 0.672. The standard InChI is InChI=1S/C14H15BrClN3/c1-2-8-17-13-4-3-5-14(19-13)18-10-6-7-11(15)12(16)9-10/h3-7,9H,2,8H2,1H3,(H2,17,18,19). The Balaban J connectivity index is 2.11. The van der Waals surface area contributed by atoms with Gasteiger partial charge in [0.1, 0.15) is 11.6 Å². The summed E-state index contributed by atoms with van der Waals surface area (Å²) in [5, 5.41) is 7.16. The highest BCUT2D eigenvalue weighted by molar-refractivity contribution is 9.10. The van der Waals surface area contributed by atoms with Crippen molar-refractivity contribution in [2.24, 2.45) is 0 Å². The summed E-state index contributed by atoms with van der Waals surface area (Å²) in [6.07, 6.45) is 1.07. The van der Waals surface area contributed by atoms with Crippen LogP contribution >= 0.6 is 27.5 Å². The molecule has 0 aliphatic heterocycles. The molecule has 1 aromatic heterocycles. The van der Waals surface area contributed by atoms with Crippen LogP contribution < -0.4 is 10.6 Å². The Morgan fingerprint density at radius 2 is 2.00 bits per heavy atom. The molecular weight excluding hydrogens is 326 g/mol. The summed E-state index contributed by atoms with van der Waals surface area (Å²) >= 11 is 9.43. The van der Waals surface area contributed by atoms with Crippen LogP contribution in [0, 0.1) is 0 Å². The Bertz CT molecular complexity index is 560. The summed E-state index contributed by atoms with van der Waals surface area (Å²) in [6, 6.07) is 11.6. The number of nitrogens with one attached hydrogen (secondary N) is 2. The first-order valence-corrected chi connectivity index (χ1v) is 7.29. The Kier molecular flexibility index (Phi) is 5.05. The first-order chi connectivity index (χ1) is 9.19. The maximum atomic E-state index is 6.06. The van der Waals surface area contributed by atoms with Gasteiger partial charge < -0.3 is 10.6 Å². The van der Waals surface area contributed by atoms with E-state index in [-0.39, 0.29) is 0 Å². The van der Waals surface area contributed by atoms with Gasteiger partial charge in [-0.2, -0.15) is 0 Å². The van der Waals surface area contributed by atoms with Crippen LogP contribution in [0.2, 0.25) is 5.02 Å². The zero-order chi connectivity index (χ0) is 13.7. The molecule has 0 bridgehead atoms. The summed E-state index contributed by atoms with van der Waals surface area (Å²) in [4.78, 5) is 4.48. The summed E-state index contributed by atoms with van der Waals surface area (Å²) < 4.78 is 0.881. The fourth-order valence-electron chi connectivity index (χ4n) is 1.58. The van der Waals surface area contributed by atoms with E-state index in [4.69, 9.17) is 11.6 Å². The topological polar surface area (TPSA) is 37.0 Å². The van der Waals surface area contributed by atoms with Gasteiger partial charge in [-0.1, -0.05) is 24.6 Å². The molecule has 0 amide bonds. The van der Waals surface area contributed by atoms with Crippen molar-refractivity contribution in [1.82, 2.24) is 4.98 Å². The Labute approximate surface area is 126 Å². The van der Waals surface area contributed by atoms with Gasteiger partial charge in [0.25, 0.3) is 0 Å². The molecule has 0 unspecified atom stereocenters. The van der Waals surface area contributed by atoms with E-state index in [1.165, 1.54) is 0 Å². The fourth-order valence-corrected chi connectivity index (χ4v) is 2.00. The average Bonchev–Trinajstić information content (AvgIpc) is 2.41. The molecule has 1 aromatic carbocycles. The smallest absolute Gasteiger partial charge is 0.132 e. The molecule has 0 fully saturated rings. The highest BCUT2D eigenvalue weighted by Gasteiger charge is 2.01. The molecule has 0 saturated heterocycles. The van der Waals surface area contributed by atoms with Crippen LogP contribution in [-0.2, 0) is 0 Å². The van der Waals surface area contributed by atoms with Crippen molar-refractivity contribution < 1.29 is 0 Å². The van der Waals surface area contributed by atoms with Gasteiger partial charge >= 0.3 is 0 Å². The molecule has 2 aromatic rings. The van der Waals surface area contributed by atoms with Crippen LogP contribution in [0.1, 0.15) is 13.3 Å². The molecular formula is C14H15BrClN3. The lowest BCUT2D eigenvalue weighted by molar-refractivity contribution is 0.970. The number of hydrogen-bond donors (Lipinski definition) is 2. The summed E-state index contributed by atoms with van der Waals surface area (Å²) in [7, 11) is 0. The zero-order valence-corrected chi connectivity index (χ0v) is 12.9. The average molecular weight is 341 g/mol. The molecule has 19 heavy (non-hydrogen) atoms. The van der Waals surface area contributed by atoms with Crippen LogP contribution in [0.15, 0.2) is 40.9 Å². The summed E-state index contributed by atoms with van der Waals surface area (Å²) in [5.41, 5.74) is 0.911. The normalized spacial score (nSPS) is 10.3. The maximum Gasteiger partial charge on any atom is 0.132 e. The van der Waals surface area contributed by atoms with Crippen molar-refractivity contribution in [2.45, 2.75) is 13.3 Å². The third kappa shape index (κ3) is 4.11. The van der Waals surface area contributed by atoms with Gasteiger partial charge in [0, 0.05) is 16.7 Å². The molecule has 0 atom stereocenters. The molecule has 0 spiro atoms. The van der Waals surface area contributed by atoms with Gasteiger partial charge in [-0.3, -0.25) is 0 Å². The zero-order valence-electron chi connectivity index (χ0n) is 10.6. The Hall–Kier alpha value is -1.26. The number of nitrogens with zero attached hydrogens (tertiary/aromatic N) is 1. The number of rotatable bonds is 5. The van der Waals surface area contributed by atoms with Crippen molar-refractivity contribution in [2.75, 3.05) is 17.2 Å². The van der Waals surface area contributed by atoms with Gasteiger partial charge in [0.2, 0.25) is 0 Å². The van der Waals surface area contributed by atoms with Crippen molar-refractivity contribution in [1.29, 1.82) is 0 Å². The van der Waals surface area contributed by atoms with Gasteiger partial charge in [0.15, 0.2) is 0 Å². The SMILES string of the molecule is CCCNc1cccc(Nc2ccc(Br)c(Cl)c2)n1. The van der Waals surface area contributed by atoms with E-state index in [1.54, 1.807) is 0 Å². The largest absolute Gasteiger partial charge is 0.370 e. The quantitative estimate of drug-likeness (QED) is 0.798. The predicted octanol–water partition coefficient (Wildman–Crippen LogP) is 5.06. The molecule has 1 heterocycles. The minimum Gasteiger partial charge on any atom is -0.370 e. The van der Waals surface area contributed by atoms with Crippen molar-refractivity contribution in [3.63, 3.8) is 0 Å². The van der Waals surface area contributed by atoms with Crippen LogP contribution in [-0.4, -0.2) is 11.5 Å². The molecule has 0 saturated carbocycles. The summed E-state index contributed by atoms with van der Waals surface area (Å²) in [6.45, 7) is 3.04. The molecule has 0 radical (unpaired) electrons. The first-order valence-electron chi connectivity index (χ1n) is 6.12. The van der Waals surface area contributed by atoms with Crippen molar-refractivity contribution in [3.05, 3.63) is 45.9 Å². The Morgan fingerprint density at radius 3 is 2.74 bits per heavy atom. The lowest BCUT2D eigenvalue weighted by Gasteiger charge is -2.09. The number of pyridine rings is 1. The van der Waals surface area contributed by atoms with Crippen molar-refractivity contribution >= 4 is 44.9 Å². The fraction of sp³-hybridized carbons (Fsp3) is 0.214.